The molecule has 2 heterocycles. The lowest BCUT2D eigenvalue weighted by molar-refractivity contribution is -0.154. The van der Waals surface area contributed by atoms with E-state index in [0.29, 0.717) is 12.2 Å². The molecule has 1 aliphatic heterocycles. The Morgan fingerprint density at radius 1 is 1.07 bits per heavy atom. The van der Waals surface area contributed by atoms with Crippen LogP contribution < -0.4 is 19.5 Å². The van der Waals surface area contributed by atoms with Gasteiger partial charge >= 0.3 is 11.9 Å². The zero-order chi connectivity index (χ0) is 31.6. The van der Waals surface area contributed by atoms with Crippen LogP contribution in [0.3, 0.4) is 0 Å². The van der Waals surface area contributed by atoms with Crippen molar-refractivity contribution < 1.29 is 47.2 Å². The lowest BCUT2D eigenvalue weighted by Gasteiger charge is -2.31. The molecule has 1 amide bonds. The highest BCUT2D eigenvalue weighted by Crippen LogP contribution is 2.30. The SMILES string of the molecule is COc1ccnc(C(=O)N[C@H]2COC[C@H](Oc3ccc(C)cc3)[C@@H](Cc3ccc(F)cc3)[C@H](C)OC2=O)c1OCOC(C)=O. The van der Waals surface area contributed by atoms with E-state index in [0.717, 1.165) is 11.1 Å². The lowest BCUT2D eigenvalue weighted by atomic mass is 9.89. The molecular weight excluding hydrogens is 575 g/mol. The van der Waals surface area contributed by atoms with Crippen LogP contribution in [0.15, 0.2) is 60.8 Å². The second kappa shape index (κ2) is 15.1. The fourth-order valence-corrected chi connectivity index (χ4v) is 4.64. The van der Waals surface area contributed by atoms with Gasteiger partial charge in [0.15, 0.2) is 23.2 Å². The highest BCUT2D eigenvalue weighted by molar-refractivity contribution is 5.98. The number of aryl methyl sites for hydroxylation is 1. The molecule has 11 nitrogen and oxygen atoms in total. The van der Waals surface area contributed by atoms with Gasteiger partial charge in [-0.2, -0.15) is 0 Å². The number of halogens is 1. The molecule has 0 bridgehead atoms. The number of methoxy groups -OCH3 is 1. The molecule has 0 saturated carbocycles. The number of esters is 2. The van der Waals surface area contributed by atoms with E-state index < -0.39 is 42.9 Å². The number of carbonyl (C=O) groups is 3. The molecule has 234 valence electrons. The van der Waals surface area contributed by atoms with Crippen LogP contribution in [0.5, 0.6) is 17.2 Å². The van der Waals surface area contributed by atoms with Crippen molar-refractivity contribution in [3.63, 3.8) is 0 Å². The van der Waals surface area contributed by atoms with E-state index in [1.807, 2.05) is 31.2 Å². The molecule has 0 spiro atoms. The summed E-state index contributed by atoms with van der Waals surface area (Å²) in [7, 11) is 1.37. The van der Waals surface area contributed by atoms with Crippen LogP contribution in [0.1, 0.15) is 35.5 Å². The topological polar surface area (TPSA) is 132 Å². The number of hydrogen-bond acceptors (Lipinski definition) is 10. The van der Waals surface area contributed by atoms with Crippen molar-refractivity contribution in [2.75, 3.05) is 27.1 Å². The second-order valence-corrected chi connectivity index (χ2v) is 10.3. The Bertz CT molecular complexity index is 1430. The molecule has 0 unspecified atom stereocenters. The quantitative estimate of drug-likeness (QED) is 0.267. The van der Waals surface area contributed by atoms with E-state index in [-0.39, 0.29) is 42.1 Å². The number of carbonyl (C=O) groups excluding carboxylic acids is 3. The number of rotatable bonds is 10. The van der Waals surface area contributed by atoms with Crippen molar-refractivity contribution in [3.8, 4) is 17.2 Å². The van der Waals surface area contributed by atoms with Gasteiger partial charge in [-0.15, -0.1) is 0 Å². The van der Waals surface area contributed by atoms with Gasteiger partial charge in [0.1, 0.15) is 23.8 Å². The molecular formula is C32H35FN2O9. The number of cyclic esters (lactones) is 1. The predicted octanol–water partition coefficient (Wildman–Crippen LogP) is 3.80. The van der Waals surface area contributed by atoms with Crippen molar-refractivity contribution in [2.24, 2.45) is 5.92 Å². The molecule has 3 aromatic rings. The number of nitrogens with zero attached hydrogens (tertiary/aromatic N) is 1. The molecule has 4 rings (SSSR count). The molecule has 1 aliphatic rings. The first-order valence-corrected chi connectivity index (χ1v) is 14.0. The number of nitrogens with one attached hydrogen (secondary N) is 1. The van der Waals surface area contributed by atoms with E-state index in [1.165, 1.54) is 38.4 Å². The Kier molecular flexibility index (Phi) is 11.1. The highest BCUT2D eigenvalue weighted by Gasteiger charge is 2.37. The van der Waals surface area contributed by atoms with Gasteiger partial charge in [0.2, 0.25) is 6.79 Å². The first-order valence-electron chi connectivity index (χ1n) is 14.0. The lowest BCUT2D eigenvalue weighted by Crippen LogP contribution is -2.46. The fourth-order valence-electron chi connectivity index (χ4n) is 4.64. The van der Waals surface area contributed by atoms with Crippen molar-refractivity contribution in [3.05, 3.63) is 83.4 Å². The minimum atomic E-state index is -1.20. The maximum atomic E-state index is 13.6. The van der Waals surface area contributed by atoms with Crippen molar-refractivity contribution in [1.82, 2.24) is 10.3 Å². The molecule has 1 saturated heterocycles. The molecule has 12 heteroatoms. The van der Waals surface area contributed by atoms with Crippen LogP contribution in [0, 0.1) is 18.7 Å². The van der Waals surface area contributed by atoms with Crippen LogP contribution in [-0.4, -0.2) is 68.2 Å². The Morgan fingerprint density at radius 3 is 2.48 bits per heavy atom. The number of ether oxygens (including phenoxy) is 6. The number of pyridine rings is 1. The van der Waals surface area contributed by atoms with Crippen LogP contribution >= 0.6 is 0 Å². The van der Waals surface area contributed by atoms with E-state index >= 15 is 0 Å². The Balaban J connectivity index is 1.55. The van der Waals surface area contributed by atoms with Crippen molar-refractivity contribution >= 4 is 17.8 Å². The average molecular weight is 611 g/mol. The number of amides is 1. The average Bonchev–Trinajstić information content (AvgIpc) is 3.04. The van der Waals surface area contributed by atoms with Crippen LogP contribution in [-0.2, 0) is 30.2 Å². The smallest absolute Gasteiger partial charge is 0.331 e. The third-order valence-corrected chi connectivity index (χ3v) is 7.00. The summed E-state index contributed by atoms with van der Waals surface area (Å²) >= 11 is 0. The van der Waals surface area contributed by atoms with E-state index in [9.17, 15) is 18.8 Å². The van der Waals surface area contributed by atoms with E-state index in [2.05, 4.69) is 10.3 Å². The summed E-state index contributed by atoms with van der Waals surface area (Å²) in [5.74, 6) is -2.12. The van der Waals surface area contributed by atoms with Gasteiger partial charge in [-0.1, -0.05) is 29.8 Å². The number of aromatic nitrogens is 1. The maximum absolute atomic E-state index is 13.6. The maximum Gasteiger partial charge on any atom is 0.331 e. The largest absolute Gasteiger partial charge is 0.493 e. The van der Waals surface area contributed by atoms with Gasteiger partial charge < -0.3 is 33.7 Å². The van der Waals surface area contributed by atoms with E-state index in [4.69, 9.17) is 28.4 Å². The third kappa shape index (κ3) is 8.66. The molecule has 1 aromatic heterocycles. The Labute approximate surface area is 254 Å². The summed E-state index contributed by atoms with van der Waals surface area (Å²) in [6.07, 6.45) is 0.505. The zero-order valence-corrected chi connectivity index (χ0v) is 24.9. The minimum absolute atomic E-state index is 0.0707. The van der Waals surface area contributed by atoms with Crippen LogP contribution in [0.2, 0.25) is 0 Å². The molecule has 4 atom stereocenters. The number of benzene rings is 2. The fraction of sp³-hybridized carbons (Fsp3) is 0.375. The minimum Gasteiger partial charge on any atom is -0.493 e. The van der Waals surface area contributed by atoms with Gasteiger partial charge in [-0.05, 0) is 50.1 Å². The monoisotopic (exact) mass is 610 g/mol. The zero-order valence-electron chi connectivity index (χ0n) is 24.9. The van der Waals surface area contributed by atoms with Gasteiger partial charge in [0.25, 0.3) is 5.91 Å². The third-order valence-electron chi connectivity index (χ3n) is 7.00. The predicted molar refractivity (Wildman–Crippen MR) is 155 cm³/mol. The van der Waals surface area contributed by atoms with Gasteiger partial charge in [0.05, 0.1) is 20.3 Å². The standard InChI is InChI=1S/C32H35FN2O9/c1-19-5-11-24(12-6-19)44-28-17-40-16-26(32(38)43-20(2)25(28)15-22-7-9-23(33)10-8-22)35-31(37)29-30(42-18-41-21(3)36)27(39-4)13-14-34-29/h5-14,20,25-26,28H,15-18H2,1-4H3,(H,35,37)/t20-,25-,26-,28-/m0/s1. The number of hydrogen-bond donors (Lipinski definition) is 1. The van der Waals surface area contributed by atoms with Crippen LogP contribution in [0.25, 0.3) is 0 Å². The normalized spacial score (nSPS) is 20.2. The van der Waals surface area contributed by atoms with Crippen molar-refractivity contribution in [1.29, 1.82) is 0 Å². The first-order chi connectivity index (χ1) is 21.1. The summed E-state index contributed by atoms with van der Waals surface area (Å²) in [6, 6.07) is 13.9. The van der Waals surface area contributed by atoms with Gasteiger partial charge in [-0.25, -0.2) is 14.2 Å². The summed E-state index contributed by atoms with van der Waals surface area (Å²) in [5.41, 5.74) is 1.69. The summed E-state index contributed by atoms with van der Waals surface area (Å²) < 4.78 is 47.3. The molecule has 1 N–H and O–H groups in total. The first kappa shape index (κ1) is 32.2. The Hall–Kier alpha value is -4.71. The van der Waals surface area contributed by atoms with Crippen LogP contribution in [0.4, 0.5) is 4.39 Å². The molecule has 44 heavy (non-hydrogen) atoms. The molecule has 2 aromatic carbocycles. The molecule has 0 radical (unpaired) electrons. The summed E-state index contributed by atoms with van der Waals surface area (Å²) in [4.78, 5) is 42.0. The summed E-state index contributed by atoms with van der Waals surface area (Å²) in [6.45, 7) is 4.29. The molecule has 0 aliphatic carbocycles. The Morgan fingerprint density at radius 2 is 1.80 bits per heavy atom. The van der Waals surface area contributed by atoms with Crippen molar-refractivity contribution in [2.45, 2.75) is 45.4 Å². The molecule has 1 fully saturated rings. The van der Waals surface area contributed by atoms with E-state index in [1.54, 1.807) is 19.1 Å². The highest BCUT2D eigenvalue weighted by atomic mass is 19.1. The van der Waals surface area contributed by atoms with Gasteiger partial charge in [0, 0.05) is 25.1 Å². The van der Waals surface area contributed by atoms with Gasteiger partial charge in [-0.3, -0.25) is 9.59 Å². The summed E-state index contributed by atoms with van der Waals surface area (Å²) in [5, 5.41) is 2.61. The second-order valence-electron chi connectivity index (χ2n) is 10.3.